The number of phenols is 1. The van der Waals surface area contributed by atoms with Gasteiger partial charge in [0, 0.05) is 36.9 Å². The number of nitrogens with one attached hydrogen (secondary N) is 1. The van der Waals surface area contributed by atoms with Gasteiger partial charge in [-0.05, 0) is 73.6 Å². The van der Waals surface area contributed by atoms with Crippen molar-refractivity contribution in [3.05, 3.63) is 88.6 Å². The number of amides is 1. The van der Waals surface area contributed by atoms with Crippen molar-refractivity contribution >= 4 is 11.7 Å². The highest BCUT2D eigenvalue weighted by atomic mass is 16.3. The molecule has 190 valence electrons. The number of β-amino-alcohol motifs (C(OH)–C–C–N with tert-alkyl or cyclic N) is 1. The summed E-state index contributed by atoms with van der Waals surface area (Å²) in [5.41, 5.74) is 10.4. The maximum absolute atomic E-state index is 13.2. The standard InChI is InChI=1S/C29H36N4O3/c1-29(2,32-18-26(35)23-9-11-27(30)31-17-23)16-21-6-3-5-20(13-21)14-28(36)33-12-4-7-22-8-10-25(34)15-24(22)19-33/h3,5-6,8-11,13,15,17,26,32,34-35H,4,7,12,14,16,18-19H2,1-2H3,(H2,30,31)/t26-/m0/s1. The number of phenolic OH excluding ortho intramolecular Hbond substituents is 1. The van der Waals surface area contributed by atoms with Crippen molar-refractivity contribution in [1.29, 1.82) is 0 Å². The minimum absolute atomic E-state index is 0.0981. The Morgan fingerprint density at radius 3 is 2.72 bits per heavy atom. The van der Waals surface area contributed by atoms with Crippen LogP contribution in [0.4, 0.5) is 5.82 Å². The molecular formula is C29H36N4O3. The number of carbonyl (C=O) groups excluding carboxylic acids is 1. The number of aliphatic hydroxyl groups excluding tert-OH is 1. The van der Waals surface area contributed by atoms with Crippen molar-refractivity contribution in [2.75, 3.05) is 18.8 Å². The number of hydrogen-bond acceptors (Lipinski definition) is 6. The Hall–Kier alpha value is -3.42. The Balaban J connectivity index is 1.35. The summed E-state index contributed by atoms with van der Waals surface area (Å²) in [6.45, 7) is 5.84. The molecule has 1 aliphatic rings. The van der Waals surface area contributed by atoms with Crippen molar-refractivity contribution in [2.24, 2.45) is 0 Å². The second-order valence-corrected chi connectivity index (χ2v) is 10.3. The van der Waals surface area contributed by atoms with E-state index in [4.69, 9.17) is 5.73 Å². The Morgan fingerprint density at radius 2 is 1.94 bits per heavy atom. The van der Waals surface area contributed by atoms with E-state index in [-0.39, 0.29) is 17.2 Å². The number of benzene rings is 2. The lowest BCUT2D eigenvalue weighted by Gasteiger charge is -2.28. The van der Waals surface area contributed by atoms with Crippen LogP contribution in [0, 0.1) is 0 Å². The first-order chi connectivity index (χ1) is 17.2. The highest BCUT2D eigenvalue weighted by molar-refractivity contribution is 5.79. The lowest BCUT2D eigenvalue weighted by Crippen LogP contribution is -2.43. The molecule has 3 aromatic rings. The average Bonchev–Trinajstić information content (AvgIpc) is 3.05. The van der Waals surface area contributed by atoms with E-state index < -0.39 is 6.10 Å². The summed E-state index contributed by atoms with van der Waals surface area (Å²) in [4.78, 5) is 19.1. The van der Waals surface area contributed by atoms with Gasteiger partial charge < -0.3 is 26.2 Å². The first kappa shape index (κ1) is 25.7. The van der Waals surface area contributed by atoms with Gasteiger partial charge in [-0.15, -0.1) is 0 Å². The van der Waals surface area contributed by atoms with Crippen LogP contribution in [0.5, 0.6) is 5.75 Å². The molecule has 0 unspecified atom stereocenters. The number of carbonyl (C=O) groups is 1. The van der Waals surface area contributed by atoms with Crippen LogP contribution in [0.1, 0.15) is 54.2 Å². The summed E-state index contributed by atoms with van der Waals surface area (Å²) in [6, 6.07) is 17.1. The fourth-order valence-corrected chi connectivity index (χ4v) is 4.77. The lowest BCUT2D eigenvalue weighted by atomic mass is 9.93. The molecule has 0 spiro atoms. The number of anilines is 1. The first-order valence-electron chi connectivity index (χ1n) is 12.5. The van der Waals surface area contributed by atoms with Crippen molar-refractivity contribution in [3.63, 3.8) is 0 Å². The maximum Gasteiger partial charge on any atom is 0.227 e. The van der Waals surface area contributed by atoms with Crippen molar-refractivity contribution < 1.29 is 15.0 Å². The van der Waals surface area contributed by atoms with Crippen LogP contribution in [0.2, 0.25) is 0 Å². The quantitative estimate of drug-likeness (QED) is 0.386. The Kier molecular flexibility index (Phi) is 7.91. The van der Waals surface area contributed by atoms with Gasteiger partial charge in [-0.2, -0.15) is 0 Å². The largest absolute Gasteiger partial charge is 0.508 e. The molecule has 1 aliphatic heterocycles. The van der Waals surface area contributed by atoms with Crippen LogP contribution >= 0.6 is 0 Å². The summed E-state index contributed by atoms with van der Waals surface area (Å²) in [5.74, 6) is 0.767. The molecule has 0 saturated carbocycles. The van der Waals surface area contributed by atoms with Gasteiger partial charge in [-0.25, -0.2) is 4.98 Å². The SMILES string of the molecule is CC(C)(Cc1cccc(CC(=O)N2CCCc3ccc(O)cc3C2)c1)NC[C@H](O)c1ccc(N)nc1. The highest BCUT2D eigenvalue weighted by Crippen LogP contribution is 2.24. The number of aliphatic hydroxyl groups is 1. The number of fused-ring (bicyclic) bond motifs is 1. The molecule has 0 radical (unpaired) electrons. The normalized spacial score (nSPS) is 14.7. The minimum Gasteiger partial charge on any atom is -0.508 e. The van der Waals surface area contributed by atoms with Gasteiger partial charge in [0.25, 0.3) is 0 Å². The number of nitrogens with two attached hydrogens (primary N) is 1. The second kappa shape index (κ2) is 11.1. The van der Waals surface area contributed by atoms with Crippen LogP contribution in [-0.2, 0) is 30.6 Å². The zero-order chi connectivity index (χ0) is 25.7. The molecule has 7 heteroatoms. The van der Waals surface area contributed by atoms with Gasteiger partial charge in [0.15, 0.2) is 0 Å². The molecule has 0 saturated heterocycles. The van der Waals surface area contributed by atoms with Gasteiger partial charge in [-0.3, -0.25) is 4.79 Å². The molecule has 0 bridgehead atoms. The molecule has 5 N–H and O–H groups in total. The van der Waals surface area contributed by atoms with Crippen molar-refractivity contribution in [3.8, 4) is 5.75 Å². The third kappa shape index (κ3) is 6.83. The number of nitrogens with zero attached hydrogens (tertiary/aromatic N) is 2. The first-order valence-corrected chi connectivity index (χ1v) is 12.5. The van der Waals surface area contributed by atoms with E-state index in [1.165, 1.54) is 5.56 Å². The van der Waals surface area contributed by atoms with Crippen LogP contribution in [0.15, 0.2) is 60.8 Å². The van der Waals surface area contributed by atoms with E-state index in [2.05, 4.69) is 36.3 Å². The molecule has 1 aromatic heterocycles. The average molecular weight is 489 g/mol. The molecule has 4 rings (SSSR count). The predicted octanol–water partition coefficient (Wildman–Crippen LogP) is 3.53. The number of aromatic hydroxyl groups is 1. The molecule has 1 amide bonds. The molecule has 7 nitrogen and oxygen atoms in total. The third-order valence-electron chi connectivity index (χ3n) is 6.74. The number of nitrogen functional groups attached to an aromatic ring is 1. The van der Waals surface area contributed by atoms with Crippen molar-refractivity contribution in [2.45, 2.75) is 57.7 Å². The van der Waals surface area contributed by atoms with Gasteiger partial charge in [0.05, 0.1) is 12.5 Å². The maximum atomic E-state index is 13.2. The third-order valence-corrected chi connectivity index (χ3v) is 6.74. The number of pyridine rings is 1. The van der Waals surface area contributed by atoms with Gasteiger partial charge in [0.2, 0.25) is 5.91 Å². The lowest BCUT2D eigenvalue weighted by molar-refractivity contribution is -0.131. The fourth-order valence-electron chi connectivity index (χ4n) is 4.77. The van der Waals surface area contributed by atoms with Crippen LogP contribution in [0.25, 0.3) is 0 Å². The molecule has 1 atom stereocenters. The van der Waals surface area contributed by atoms with Crippen molar-refractivity contribution in [1.82, 2.24) is 15.2 Å². The molecule has 0 aliphatic carbocycles. The zero-order valence-electron chi connectivity index (χ0n) is 21.1. The molecule has 2 aromatic carbocycles. The number of aromatic nitrogens is 1. The van der Waals surface area contributed by atoms with E-state index in [0.717, 1.165) is 48.1 Å². The Bertz CT molecular complexity index is 1190. The van der Waals surface area contributed by atoms with E-state index >= 15 is 0 Å². The number of rotatable bonds is 8. The molecular weight excluding hydrogens is 452 g/mol. The van der Waals surface area contributed by atoms with E-state index in [0.29, 0.717) is 25.3 Å². The summed E-state index contributed by atoms with van der Waals surface area (Å²) < 4.78 is 0. The number of aryl methyl sites for hydroxylation is 1. The summed E-state index contributed by atoms with van der Waals surface area (Å²) in [7, 11) is 0. The van der Waals surface area contributed by atoms with Gasteiger partial charge in [0.1, 0.15) is 11.6 Å². The van der Waals surface area contributed by atoms with E-state index in [1.54, 1.807) is 30.5 Å². The fraction of sp³-hybridized carbons (Fsp3) is 0.379. The summed E-state index contributed by atoms with van der Waals surface area (Å²) >= 11 is 0. The Morgan fingerprint density at radius 1 is 1.14 bits per heavy atom. The van der Waals surface area contributed by atoms with Crippen LogP contribution in [0.3, 0.4) is 0 Å². The number of hydrogen-bond donors (Lipinski definition) is 4. The van der Waals surface area contributed by atoms with Crippen LogP contribution in [-0.4, -0.2) is 44.6 Å². The molecule has 2 heterocycles. The van der Waals surface area contributed by atoms with E-state index in [9.17, 15) is 15.0 Å². The predicted molar refractivity (Wildman–Crippen MR) is 141 cm³/mol. The van der Waals surface area contributed by atoms with E-state index in [1.807, 2.05) is 23.1 Å². The highest BCUT2D eigenvalue weighted by Gasteiger charge is 2.22. The summed E-state index contributed by atoms with van der Waals surface area (Å²) in [6.07, 6.45) is 3.85. The topological polar surface area (TPSA) is 112 Å². The molecule has 0 fully saturated rings. The minimum atomic E-state index is -0.679. The second-order valence-electron chi connectivity index (χ2n) is 10.3. The zero-order valence-corrected chi connectivity index (χ0v) is 21.1. The monoisotopic (exact) mass is 488 g/mol. The summed E-state index contributed by atoms with van der Waals surface area (Å²) in [5, 5.41) is 23.8. The Labute approximate surface area is 213 Å². The molecule has 36 heavy (non-hydrogen) atoms. The van der Waals surface area contributed by atoms with Gasteiger partial charge >= 0.3 is 0 Å². The smallest absolute Gasteiger partial charge is 0.227 e. The van der Waals surface area contributed by atoms with Crippen LogP contribution < -0.4 is 11.1 Å². The van der Waals surface area contributed by atoms with Gasteiger partial charge in [-0.1, -0.05) is 36.4 Å².